The molecule has 0 atom stereocenters. The highest BCUT2D eigenvalue weighted by atomic mass is 15.1. The summed E-state index contributed by atoms with van der Waals surface area (Å²) in [6.07, 6.45) is 3.38. The second-order valence-corrected chi connectivity index (χ2v) is 14.5. The maximum absolute atomic E-state index is 4.57. The number of nitrogens with zero attached hydrogens (tertiary/aromatic N) is 4. The van der Waals surface area contributed by atoms with Crippen molar-refractivity contribution in [3.05, 3.63) is 228 Å². The van der Waals surface area contributed by atoms with E-state index in [0.29, 0.717) is 11.4 Å². The second kappa shape index (κ2) is 15.2. The number of anilines is 6. The zero-order valence-corrected chi connectivity index (χ0v) is 31.8. The van der Waals surface area contributed by atoms with Gasteiger partial charge in [0.1, 0.15) is 11.4 Å². The van der Waals surface area contributed by atoms with Crippen LogP contribution < -0.4 is 9.80 Å². The first-order valence-corrected chi connectivity index (χ1v) is 19.1. The summed E-state index contributed by atoms with van der Waals surface area (Å²) < 4.78 is 0. The number of para-hydroxylation sites is 4. The molecule has 1 aromatic heterocycles. The van der Waals surface area contributed by atoms with E-state index in [-0.39, 0.29) is 5.41 Å². The lowest BCUT2D eigenvalue weighted by molar-refractivity contribution is 0.660. The lowest BCUT2D eigenvalue weighted by Gasteiger charge is -2.28. The maximum atomic E-state index is 4.57. The Morgan fingerprint density at radius 2 is 0.737 bits per heavy atom. The quantitative estimate of drug-likeness (QED) is 0.159. The Hall–Kier alpha value is -7.66. The highest BCUT2D eigenvalue weighted by molar-refractivity contribution is 5.86. The molecule has 0 spiro atoms. The highest BCUT2D eigenvalue weighted by Gasteiger charge is 2.36. The van der Waals surface area contributed by atoms with Crippen molar-refractivity contribution in [2.24, 2.45) is 0 Å². The first-order chi connectivity index (χ1) is 28.0. The van der Waals surface area contributed by atoms with Gasteiger partial charge in [-0.2, -0.15) is 0 Å². The maximum Gasteiger partial charge on any atom is 0.131 e. The van der Waals surface area contributed by atoms with Crippen LogP contribution in [0, 0.1) is 23.7 Å². The predicted octanol–water partition coefficient (Wildman–Crippen LogP) is 12.5. The van der Waals surface area contributed by atoms with E-state index in [0.717, 1.165) is 45.3 Å². The number of fused-ring (bicyclic) bond motifs is 3. The predicted molar refractivity (Wildman–Crippen MR) is 234 cm³/mol. The fourth-order valence-electron chi connectivity index (χ4n) is 7.57. The lowest BCUT2D eigenvalue weighted by atomic mass is 9.82. The Bertz CT molecular complexity index is 2710. The van der Waals surface area contributed by atoms with E-state index in [4.69, 9.17) is 0 Å². The summed E-state index contributed by atoms with van der Waals surface area (Å²) in [7, 11) is 0. The van der Waals surface area contributed by atoms with Gasteiger partial charge in [-0.1, -0.05) is 111 Å². The summed E-state index contributed by atoms with van der Waals surface area (Å²) in [5.74, 6) is 13.0. The molecule has 0 bridgehead atoms. The minimum absolute atomic E-state index is 0.207. The average Bonchev–Trinajstić information content (AvgIpc) is 3.49. The zero-order valence-electron chi connectivity index (χ0n) is 31.8. The minimum Gasteiger partial charge on any atom is -0.311 e. The lowest BCUT2D eigenvalue weighted by Crippen LogP contribution is -2.16. The van der Waals surface area contributed by atoms with Crippen molar-refractivity contribution >= 4 is 34.1 Å². The van der Waals surface area contributed by atoms with Crippen molar-refractivity contribution in [1.29, 1.82) is 0 Å². The van der Waals surface area contributed by atoms with E-state index in [1.165, 1.54) is 22.3 Å². The van der Waals surface area contributed by atoms with Gasteiger partial charge in [0.25, 0.3) is 0 Å². The average molecular weight is 731 g/mol. The number of hydrogen-bond donors (Lipinski definition) is 0. The molecule has 4 heteroatoms. The molecular formula is C53H38N4. The molecule has 57 heavy (non-hydrogen) atoms. The van der Waals surface area contributed by atoms with Gasteiger partial charge in [-0.05, 0) is 131 Å². The molecule has 1 heterocycles. The monoisotopic (exact) mass is 730 g/mol. The van der Waals surface area contributed by atoms with Crippen LogP contribution in [0.25, 0.3) is 11.1 Å². The van der Waals surface area contributed by atoms with Gasteiger partial charge in [0.2, 0.25) is 0 Å². The summed E-state index contributed by atoms with van der Waals surface area (Å²) in [4.78, 5) is 13.7. The molecule has 0 amide bonds. The third-order valence-electron chi connectivity index (χ3n) is 10.4. The zero-order chi connectivity index (χ0) is 38.6. The molecule has 0 saturated heterocycles. The van der Waals surface area contributed by atoms with Gasteiger partial charge >= 0.3 is 0 Å². The smallest absolute Gasteiger partial charge is 0.131 e. The second-order valence-electron chi connectivity index (χ2n) is 14.5. The Morgan fingerprint density at radius 3 is 1.21 bits per heavy atom. The van der Waals surface area contributed by atoms with Gasteiger partial charge < -0.3 is 9.80 Å². The van der Waals surface area contributed by atoms with Crippen LogP contribution in [-0.4, -0.2) is 9.97 Å². The molecule has 0 unspecified atom stereocenters. The Balaban J connectivity index is 0.916. The van der Waals surface area contributed by atoms with Crippen LogP contribution in [0.2, 0.25) is 0 Å². The van der Waals surface area contributed by atoms with Gasteiger partial charge in [-0.3, -0.25) is 0 Å². The Kier molecular flexibility index (Phi) is 9.37. The van der Waals surface area contributed by atoms with E-state index in [9.17, 15) is 0 Å². The first-order valence-electron chi connectivity index (χ1n) is 19.1. The number of benzene rings is 7. The van der Waals surface area contributed by atoms with E-state index >= 15 is 0 Å². The van der Waals surface area contributed by atoms with Gasteiger partial charge in [0.15, 0.2) is 0 Å². The molecule has 8 aromatic rings. The summed E-state index contributed by atoms with van der Waals surface area (Å²) >= 11 is 0. The highest BCUT2D eigenvalue weighted by Crippen LogP contribution is 2.51. The van der Waals surface area contributed by atoms with Crippen molar-refractivity contribution in [1.82, 2.24) is 9.97 Å². The molecule has 0 N–H and O–H groups in total. The molecule has 0 radical (unpaired) electrons. The number of aromatic nitrogens is 2. The summed E-state index contributed by atoms with van der Waals surface area (Å²) in [5, 5.41) is 0. The van der Waals surface area contributed by atoms with Gasteiger partial charge in [-0.25, -0.2) is 9.97 Å². The van der Waals surface area contributed by atoms with Crippen LogP contribution in [0.3, 0.4) is 0 Å². The Labute approximate surface area is 334 Å². The number of hydrogen-bond acceptors (Lipinski definition) is 4. The molecule has 0 fully saturated rings. The van der Waals surface area contributed by atoms with Crippen LogP contribution in [0.4, 0.5) is 34.1 Å². The van der Waals surface area contributed by atoms with Crippen LogP contribution in [-0.2, 0) is 5.41 Å². The van der Waals surface area contributed by atoms with E-state index in [2.05, 4.69) is 215 Å². The van der Waals surface area contributed by atoms with Gasteiger partial charge in [-0.15, -0.1) is 0 Å². The van der Waals surface area contributed by atoms with Crippen molar-refractivity contribution in [3.63, 3.8) is 0 Å². The van der Waals surface area contributed by atoms with Crippen molar-refractivity contribution in [3.8, 4) is 34.8 Å². The number of rotatable bonds is 6. The van der Waals surface area contributed by atoms with Crippen molar-refractivity contribution in [2.45, 2.75) is 19.3 Å². The molecule has 1 aliphatic rings. The standard InChI is InChI=1S/C53H38N4/c1-53(2)51-35-40(27-33-49(51)50-34-32-48(36-52(50)53)57(45-19-11-5-12-20-45)46-21-13-6-14-22-46)24-29-42-38-54-41(37-55-42)28-23-39-25-30-47(31-26-39)56(43-15-7-3-8-16-43)44-17-9-4-10-18-44/h3-22,25-27,30-38H,1-2H3. The molecule has 4 nitrogen and oxygen atoms in total. The van der Waals surface area contributed by atoms with E-state index in [1.807, 2.05) is 24.3 Å². The van der Waals surface area contributed by atoms with Gasteiger partial charge in [0, 0.05) is 50.7 Å². The molecule has 7 aromatic carbocycles. The Morgan fingerprint density at radius 1 is 0.368 bits per heavy atom. The largest absolute Gasteiger partial charge is 0.311 e. The summed E-state index contributed by atoms with van der Waals surface area (Å²) in [6.45, 7) is 4.61. The molecule has 0 aliphatic heterocycles. The summed E-state index contributed by atoms with van der Waals surface area (Å²) in [6, 6.07) is 63.4. The fraction of sp³-hybridized carbons (Fsp3) is 0.0566. The van der Waals surface area contributed by atoms with Crippen LogP contribution in [0.1, 0.15) is 47.5 Å². The minimum atomic E-state index is -0.207. The normalized spacial score (nSPS) is 11.9. The third kappa shape index (κ3) is 7.17. The van der Waals surface area contributed by atoms with E-state index < -0.39 is 0 Å². The molecule has 0 saturated carbocycles. The van der Waals surface area contributed by atoms with Crippen molar-refractivity contribution < 1.29 is 0 Å². The topological polar surface area (TPSA) is 32.3 Å². The fourth-order valence-corrected chi connectivity index (χ4v) is 7.57. The third-order valence-corrected chi connectivity index (χ3v) is 10.4. The van der Waals surface area contributed by atoms with Crippen LogP contribution in [0.15, 0.2) is 194 Å². The molecule has 270 valence electrons. The van der Waals surface area contributed by atoms with E-state index in [1.54, 1.807) is 12.4 Å². The van der Waals surface area contributed by atoms with Gasteiger partial charge in [0.05, 0.1) is 12.4 Å². The first kappa shape index (κ1) is 35.1. The molecule has 9 rings (SSSR count). The van der Waals surface area contributed by atoms with Crippen LogP contribution in [0.5, 0.6) is 0 Å². The molecular weight excluding hydrogens is 693 g/mol. The molecule has 1 aliphatic carbocycles. The van der Waals surface area contributed by atoms with Crippen LogP contribution >= 0.6 is 0 Å². The SMILES string of the molecule is CC1(C)c2cc(C#Cc3cnc(C#Cc4ccc(N(c5ccccc5)c5ccccc5)cc4)cn3)ccc2-c2ccc(N(c3ccccc3)c3ccccc3)cc21. The summed E-state index contributed by atoms with van der Waals surface area (Å²) in [5.41, 5.74) is 14.5. The van der Waals surface area contributed by atoms with Crippen molar-refractivity contribution in [2.75, 3.05) is 9.80 Å².